The fourth-order valence-corrected chi connectivity index (χ4v) is 4.85. The van der Waals surface area contributed by atoms with Crippen molar-refractivity contribution in [2.45, 2.75) is 82.1 Å². The van der Waals surface area contributed by atoms with Crippen LogP contribution in [0.15, 0.2) is 0 Å². The van der Waals surface area contributed by atoms with Crippen LogP contribution < -0.4 is 0 Å². The molecule has 1 saturated carbocycles. The summed E-state index contributed by atoms with van der Waals surface area (Å²) < 4.78 is 0. The van der Waals surface area contributed by atoms with Crippen LogP contribution in [0.1, 0.15) is 82.1 Å². The molecule has 0 amide bonds. The molecule has 0 N–H and O–H groups in total. The zero-order valence-electron chi connectivity index (χ0n) is 17.2. The molecule has 0 bridgehead atoms. The van der Waals surface area contributed by atoms with Crippen LogP contribution in [0.2, 0.25) is 0 Å². The van der Waals surface area contributed by atoms with Crippen LogP contribution in [0.3, 0.4) is 0 Å². The third kappa shape index (κ3) is 5.00. The van der Waals surface area contributed by atoms with Crippen molar-refractivity contribution in [3.05, 3.63) is 0 Å². The molecule has 0 aliphatic heterocycles. The third-order valence-corrected chi connectivity index (χ3v) is 7.51. The highest BCUT2D eigenvalue weighted by Gasteiger charge is 2.46. The summed E-state index contributed by atoms with van der Waals surface area (Å²) in [6.45, 7) is 24.5. The first-order valence-corrected chi connectivity index (χ1v) is 10.1. The van der Waals surface area contributed by atoms with Gasteiger partial charge in [0, 0.05) is 0 Å². The minimum absolute atomic E-state index is 0.805. The average molecular weight is 309 g/mol. The first kappa shape index (κ1) is 20.0. The van der Waals surface area contributed by atoms with Gasteiger partial charge in [0.1, 0.15) is 0 Å². The highest BCUT2D eigenvalue weighted by atomic mass is 14.5. The van der Waals surface area contributed by atoms with Crippen molar-refractivity contribution in [2.24, 2.45) is 59.2 Å². The zero-order valence-corrected chi connectivity index (χ0v) is 17.2. The Morgan fingerprint density at radius 1 is 0.636 bits per heavy atom. The molecule has 0 aromatic rings. The SMILES string of the molecule is CC(C)CC(C)C1CC1C(C)C(C)C(C)C(C)C(C)C(C)C. The Labute approximate surface area is 141 Å². The maximum atomic E-state index is 2.54. The minimum Gasteiger partial charge on any atom is -0.0628 e. The second-order valence-corrected chi connectivity index (χ2v) is 9.71. The van der Waals surface area contributed by atoms with Gasteiger partial charge in [0.25, 0.3) is 0 Å². The van der Waals surface area contributed by atoms with Gasteiger partial charge in [0.05, 0.1) is 0 Å². The quantitative estimate of drug-likeness (QED) is 0.424. The van der Waals surface area contributed by atoms with E-state index >= 15 is 0 Å². The molecule has 0 aromatic carbocycles. The Bertz CT molecular complexity index is 316. The van der Waals surface area contributed by atoms with Crippen molar-refractivity contribution in [1.82, 2.24) is 0 Å². The molecule has 0 heteroatoms. The largest absolute Gasteiger partial charge is 0.0628 e. The molecule has 1 rings (SSSR count). The number of rotatable bonds is 9. The molecular formula is C22H44. The topological polar surface area (TPSA) is 0 Å². The molecule has 1 aliphatic carbocycles. The molecular weight excluding hydrogens is 264 g/mol. The standard InChI is InChI=1S/C22H44/c1-13(2)11-15(5)21-12-22(21)20(10)19(9)18(8)17(7)16(6)14(3)4/h13-22H,11-12H2,1-10H3. The summed E-state index contributed by atoms with van der Waals surface area (Å²) in [5.74, 6) is 8.89. The molecule has 1 aliphatic rings. The van der Waals surface area contributed by atoms with Crippen molar-refractivity contribution in [3.8, 4) is 0 Å². The lowest BCUT2D eigenvalue weighted by atomic mass is 9.70. The lowest BCUT2D eigenvalue weighted by molar-refractivity contribution is 0.131. The predicted octanol–water partition coefficient (Wildman–Crippen LogP) is 7.14. The van der Waals surface area contributed by atoms with Gasteiger partial charge in [0.2, 0.25) is 0 Å². The van der Waals surface area contributed by atoms with Gasteiger partial charge in [-0.1, -0.05) is 69.2 Å². The molecule has 0 aromatic heterocycles. The maximum Gasteiger partial charge on any atom is -0.0352 e. The van der Waals surface area contributed by atoms with Gasteiger partial charge < -0.3 is 0 Å². The van der Waals surface area contributed by atoms with Gasteiger partial charge in [-0.2, -0.15) is 0 Å². The molecule has 0 saturated heterocycles. The van der Waals surface area contributed by atoms with Crippen molar-refractivity contribution >= 4 is 0 Å². The van der Waals surface area contributed by atoms with E-state index in [4.69, 9.17) is 0 Å². The highest BCUT2D eigenvalue weighted by Crippen LogP contribution is 2.53. The van der Waals surface area contributed by atoms with Crippen LogP contribution in [-0.4, -0.2) is 0 Å². The fraction of sp³-hybridized carbons (Fsp3) is 1.00. The van der Waals surface area contributed by atoms with Gasteiger partial charge in [-0.05, 0) is 72.0 Å². The Hall–Kier alpha value is 0. The van der Waals surface area contributed by atoms with Crippen LogP contribution in [0, 0.1) is 59.2 Å². The van der Waals surface area contributed by atoms with Crippen molar-refractivity contribution < 1.29 is 0 Å². The summed E-state index contributed by atoms with van der Waals surface area (Å²) in [6.07, 6.45) is 2.92. The van der Waals surface area contributed by atoms with Crippen LogP contribution >= 0.6 is 0 Å². The lowest BCUT2D eigenvalue weighted by Gasteiger charge is -2.36. The molecule has 0 nitrogen and oxygen atoms in total. The summed E-state index contributed by atoms with van der Waals surface area (Å²) in [5.41, 5.74) is 0. The van der Waals surface area contributed by atoms with Crippen molar-refractivity contribution in [3.63, 3.8) is 0 Å². The molecule has 0 heterocycles. The van der Waals surface area contributed by atoms with Gasteiger partial charge in [-0.3, -0.25) is 0 Å². The second kappa shape index (κ2) is 8.20. The van der Waals surface area contributed by atoms with E-state index < -0.39 is 0 Å². The first-order chi connectivity index (χ1) is 10.1. The minimum atomic E-state index is 0.805. The van der Waals surface area contributed by atoms with Gasteiger partial charge in [-0.15, -0.1) is 0 Å². The lowest BCUT2D eigenvalue weighted by Crippen LogP contribution is -2.29. The van der Waals surface area contributed by atoms with Crippen LogP contribution in [0.4, 0.5) is 0 Å². The first-order valence-electron chi connectivity index (χ1n) is 10.1. The molecule has 132 valence electrons. The molecule has 0 spiro atoms. The molecule has 8 atom stereocenters. The molecule has 0 radical (unpaired) electrons. The Morgan fingerprint density at radius 3 is 1.59 bits per heavy atom. The van der Waals surface area contributed by atoms with E-state index in [9.17, 15) is 0 Å². The van der Waals surface area contributed by atoms with Crippen LogP contribution in [0.25, 0.3) is 0 Å². The normalized spacial score (nSPS) is 30.0. The average Bonchev–Trinajstić information content (AvgIpc) is 3.22. The van der Waals surface area contributed by atoms with E-state index in [1.54, 1.807) is 0 Å². The van der Waals surface area contributed by atoms with Gasteiger partial charge in [-0.25, -0.2) is 0 Å². The summed E-state index contributed by atoms with van der Waals surface area (Å²) in [6, 6.07) is 0. The monoisotopic (exact) mass is 308 g/mol. The highest BCUT2D eigenvalue weighted by molar-refractivity contribution is 4.95. The second-order valence-electron chi connectivity index (χ2n) is 9.71. The zero-order chi connectivity index (χ0) is 17.2. The van der Waals surface area contributed by atoms with Crippen molar-refractivity contribution in [1.29, 1.82) is 0 Å². The summed E-state index contributed by atoms with van der Waals surface area (Å²) in [5, 5.41) is 0. The molecule has 1 fully saturated rings. The van der Waals surface area contributed by atoms with Gasteiger partial charge >= 0.3 is 0 Å². The summed E-state index contributed by atoms with van der Waals surface area (Å²) >= 11 is 0. The maximum absolute atomic E-state index is 2.54. The van der Waals surface area contributed by atoms with Gasteiger partial charge in [0.15, 0.2) is 0 Å². The smallest absolute Gasteiger partial charge is 0.0352 e. The molecule has 8 unspecified atom stereocenters. The van der Waals surface area contributed by atoms with E-state index in [1.807, 2.05) is 0 Å². The number of hydrogen-bond acceptors (Lipinski definition) is 0. The van der Waals surface area contributed by atoms with Crippen LogP contribution in [0.5, 0.6) is 0 Å². The van der Waals surface area contributed by atoms with Crippen molar-refractivity contribution in [2.75, 3.05) is 0 Å². The summed E-state index contributed by atoms with van der Waals surface area (Å²) in [7, 11) is 0. The van der Waals surface area contributed by atoms with E-state index in [2.05, 4.69) is 69.2 Å². The third-order valence-electron chi connectivity index (χ3n) is 7.51. The Balaban J connectivity index is 2.54. The van der Waals surface area contributed by atoms with E-state index in [-0.39, 0.29) is 0 Å². The predicted molar refractivity (Wildman–Crippen MR) is 101 cm³/mol. The van der Waals surface area contributed by atoms with E-state index in [0.29, 0.717) is 0 Å². The Morgan fingerprint density at radius 2 is 1.14 bits per heavy atom. The molecule has 22 heavy (non-hydrogen) atoms. The number of hydrogen-bond donors (Lipinski definition) is 0. The van der Waals surface area contributed by atoms with E-state index in [1.165, 1.54) is 12.8 Å². The Kier molecular flexibility index (Phi) is 7.47. The summed E-state index contributed by atoms with van der Waals surface area (Å²) in [4.78, 5) is 0. The van der Waals surface area contributed by atoms with E-state index in [0.717, 1.165) is 59.2 Å². The fourth-order valence-electron chi connectivity index (χ4n) is 4.85. The van der Waals surface area contributed by atoms with Crippen LogP contribution in [-0.2, 0) is 0 Å².